The Bertz CT molecular complexity index is 989. The van der Waals surface area contributed by atoms with Crippen molar-refractivity contribution in [3.63, 3.8) is 0 Å². The first-order valence-corrected chi connectivity index (χ1v) is 10.9. The van der Waals surface area contributed by atoms with Gasteiger partial charge >= 0.3 is 6.18 Å². The number of benzene rings is 1. The SMILES string of the molecule is Cn1ccnc1C(O)(CCNC(=O)c1ccccc1SCc1cccs1)C(F)(F)F. The molecule has 1 amide bonds. The molecule has 30 heavy (non-hydrogen) atoms. The fourth-order valence-corrected chi connectivity index (χ4v) is 4.74. The van der Waals surface area contributed by atoms with Gasteiger partial charge in [0.25, 0.3) is 5.91 Å². The first-order chi connectivity index (χ1) is 14.2. The third kappa shape index (κ3) is 4.88. The van der Waals surface area contributed by atoms with Crippen LogP contribution in [0.4, 0.5) is 13.2 Å². The Hall–Kier alpha value is -2.30. The van der Waals surface area contributed by atoms with E-state index >= 15 is 0 Å². The number of halogens is 3. The van der Waals surface area contributed by atoms with Gasteiger partial charge in [0.05, 0.1) is 5.56 Å². The molecule has 3 rings (SSSR count). The molecule has 0 aliphatic rings. The van der Waals surface area contributed by atoms with Gasteiger partial charge < -0.3 is 15.0 Å². The largest absolute Gasteiger partial charge is 0.424 e. The molecule has 0 aliphatic heterocycles. The molecule has 3 aromatic rings. The lowest BCUT2D eigenvalue weighted by Crippen LogP contribution is -2.46. The maximum atomic E-state index is 13.6. The molecule has 0 saturated carbocycles. The number of amides is 1. The molecule has 1 aromatic carbocycles. The van der Waals surface area contributed by atoms with Gasteiger partial charge in [-0.05, 0) is 23.6 Å². The van der Waals surface area contributed by atoms with Crippen LogP contribution in [0.25, 0.3) is 0 Å². The van der Waals surface area contributed by atoms with E-state index in [1.807, 2.05) is 17.5 Å². The number of rotatable bonds is 8. The summed E-state index contributed by atoms with van der Waals surface area (Å²) >= 11 is 3.09. The minimum atomic E-state index is -4.94. The van der Waals surface area contributed by atoms with Crippen LogP contribution in [0.5, 0.6) is 0 Å². The number of aliphatic hydroxyl groups is 1. The second kappa shape index (κ2) is 9.23. The van der Waals surface area contributed by atoms with E-state index in [0.29, 0.717) is 11.3 Å². The summed E-state index contributed by atoms with van der Waals surface area (Å²) in [5.41, 5.74) is -2.78. The fourth-order valence-electron chi connectivity index (χ4n) is 2.92. The van der Waals surface area contributed by atoms with Crippen molar-refractivity contribution in [1.82, 2.24) is 14.9 Å². The molecule has 0 saturated heterocycles. The summed E-state index contributed by atoms with van der Waals surface area (Å²) in [5, 5.41) is 14.8. The van der Waals surface area contributed by atoms with Crippen LogP contribution in [0.3, 0.4) is 0 Å². The van der Waals surface area contributed by atoms with Gasteiger partial charge in [-0.3, -0.25) is 4.79 Å². The fraction of sp³-hybridized carbons (Fsp3) is 0.300. The van der Waals surface area contributed by atoms with Gasteiger partial charge in [0.2, 0.25) is 5.60 Å². The second-order valence-corrected chi connectivity index (χ2v) is 8.64. The monoisotopic (exact) mass is 455 g/mol. The number of carbonyl (C=O) groups is 1. The van der Waals surface area contributed by atoms with Crippen molar-refractivity contribution < 1.29 is 23.1 Å². The van der Waals surface area contributed by atoms with Crippen molar-refractivity contribution in [2.45, 2.75) is 28.8 Å². The maximum Gasteiger partial charge on any atom is 0.424 e. The highest BCUT2D eigenvalue weighted by Crippen LogP contribution is 2.40. The number of thioether (sulfide) groups is 1. The zero-order valence-corrected chi connectivity index (χ0v) is 17.7. The Morgan fingerprint density at radius 2 is 2.03 bits per heavy atom. The molecule has 1 unspecified atom stereocenters. The third-order valence-electron chi connectivity index (χ3n) is 4.51. The molecule has 2 N–H and O–H groups in total. The molecule has 0 radical (unpaired) electrons. The van der Waals surface area contributed by atoms with Gasteiger partial charge in [0.1, 0.15) is 5.82 Å². The van der Waals surface area contributed by atoms with Crippen molar-refractivity contribution in [1.29, 1.82) is 0 Å². The minimum absolute atomic E-state index is 0.369. The topological polar surface area (TPSA) is 67.2 Å². The number of alkyl halides is 3. The van der Waals surface area contributed by atoms with Crippen molar-refractivity contribution in [2.24, 2.45) is 7.05 Å². The average Bonchev–Trinajstić information content (AvgIpc) is 3.37. The zero-order valence-electron chi connectivity index (χ0n) is 16.0. The van der Waals surface area contributed by atoms with Crippen LogP contribution >= 0.6 is 23.1 Å². The molecular formula is C20H20F3N3O2S2. The summed E-state index contributed by atoms with van der Waals surface area (Å²) in [6.45, 7) is -0.369. The normalized spacial score (nSPS) is 13.8. The molecule has 160 valence electrons. The molecule has 2 aromatic heterocycles. The van der Waals surface area contributed by atoms with E-state index in [-0.39, 0.29) is 6.54 Å². The van der Waals surface area contributed by atoms with Crippen molar-refractivity contribution >= 4 is 29.0 Å². The van der Waals surface area contributed by atoms with Crippen LogP contribution in [0.2, 0.25) is 0 Å². The molecule has 2 heterocycles. The highest BCUT2D eigenvalue weighted by molar-refractivity contribution is 7.98. The molecular weight excluding hydrogens is 435 g/mol. The van der Waals surface area contributed by atoms with E-state index in [1.165, 1.54) is 31.2 Å². The van der Waals surface area contributed by atoms with Crippen LogP contribution in [0, 0.1) is 0 Å². The van der Waals surface area contributed by atoms with E-state index in [1.54, 1.807) is 35.6 Å². The standard InChI is InChI=1S/C20H20F3N3O2S2/c1-26-11-10-25-18(26)19(28,20(21,22)23)8-9-24-17(27)15-6-2-3-7-16(15)30-13-14-5-4-12-29-14/h2-7,10-12,28H,8-9,13H2,1H3,(H,24,27). The Balaban J connectivity index is 1.67. The molecule has 5 nitrogen and oxygen atoms in total. The number of carbonyl (C=O) groups excluding carboxylic acids is 1. The first-order valence-electron chi connectivity index (χ1n) is 9.01. The molecule has 10 heteroatoms. The third-order valence-corrected chi connectivity index (χ3v) is 6.70. The average molecular weight is 456 g/mol. The minimum Gasteiger partial charge on any atom is -0.374 e. The van der Waals surface area contributed by atoms with E-state index < -0.39 is 29.9 Å². The van der Waals surface area contributed by atoms with Gasteiger partial charge in [0, 0.05) is 47.9 Å². The zero-order chi connectivity index (χ0) is 21.8. The number of thiophene rings is 1. The lowest BCUT2D eigenvalue weighted by molar-refractivity contribution is -0.272. The molecule has 0 fully saturated rings. The van der Waals surface area contributed by atoms with Gasteiger partial charge in [-0.25, -0.2) is 4.98 Å². The highest BCUT2D eigenvalue weighted by atomic mass is 32.2. The van der Waals surface area contributed by atoms with E-state index in [2.05, 4.69) is 10.3 Å². The first kappa shape index (κ1) is 22.4. The summed E-state index contributed by atoms with van der Waals surface area (Å²) in [7, 11) is 1.37. The highest BCUT2D eigenvalue weighted by Gasteiger charge is 2.57. The van der Waals surface area contributed by atoms with E-state index in [9.17, 15) is 23.1 Å². The number of hydrogen-bond donors (Lipinski definition) is 2. The van der Waals surface area contributed by atoms with Gasteiger partial charge in [-0.1, -0.05) is 18.2 Å². The Morgan fingerprint density at radius 1 is 1.27 bits per heavy atom. The molecule has 0 spiro atoms. The molecule has 0 bridgehead atoms. The number of aromatic nitrogens is 2. The predicted molar refractivity (Wildman–Crippen MR) is 110 cm³/mol. The summed E-state index contributed by atoms with van der Waals surface area (Å²) < 4.78 is 41.8. The van der Waals surface area contributed by atoms with Crippen LogP contribution in [0.1, 0.15) is 27.5 Å². The van der Waals surface area contributed by atoms with Crippen LogP contribution < -0.4 is 5.32 Å². The summed E-state index contributed by atoms with van der Waals surface area (Å²) in [6.07, 6.45) is -3.18. The number of hydrogen-bond acceptors (Lipinski definition) is 5. The van der Waals surface area contributed by atoms with Crippen LogP contribution in [-0.2, 0) is 18.4 Å². The van der Waals surface area contributed by atoms with Gasteiger partial charge in [0.15, 0.2) is 0 Å². The van der Waals surface area contributed by atoms with E-state index in [0.717, 1.165) is 14.3 Å². The number of imidazole rings is 1. The lowest BCUT2D eigenvalue weighted by Gasteiger charge is -2.30. The predicted octanol–water partition coefficient (Wildman–Crippen LogP) is 4.34. The van der Waals surface area contributed by atoms with Crippen LogP contribution in [0.15, 0.2) is 59.1 Å². The molecule has 0 aliphatic carbocycles. The summed E-state index contributed by atoms with van der Waals surface area (Å²) in [5.74, 6) is -0.320. The Kier molecular flexibility index (Phi) is 6.89. The smallest absolute Gasteiger partial charge is 0.374 e. The van der Waals surface area contributed by atoms with Crippen molar-refractivity contribution in [3.8, 4) is 0 Å². The van der Waals surface area contributed by atoms with Gasteiger partial charge in [-0.15, -0.1) is 23.1 Å². The lowest BCUT2D eigenvalue weighted by atomic mass is 9.97. The quantitative estimate of drug-likeness (QED) is 0.496. The van der Waals surface area contributed by atoms with Crippen molar-refractivity contribution in [2.75, 3.05) is 6.54 Å². The second-order valence-electron chi connectivity index (χ2n) is 6.59. The number of nitrogens with one attached hydrogen (secondary N) is 1. The Morgan fingerprint density at radius 3 is 2.67 bits per heavy atom. The van der Waals surface area contributed by atoms with Gasteiger partial charge in [-0.2, -0.15) is 13.2 Å². The van der Waals surface area contributed by atoms with Crippen LogP contribution in [-0.4, -0.2) is 33.3 Å². The maximum absolute atomic E-state index is 13.6. The van der Waals surface area contributed by atoms with E-state index in [4.69, 9.17) is 0 Å². The Labute approximate surface area is 180 Å². The molecule has 1 atom stereocenters. The van der Waals surface area contributed by atoms with Crippen molar-refractivity contribution in [3.05, 3.63) is 70.4 Å². The summed E-state index contributed by atoms with van der Waals surface area (Å²) in [4.78, 5) is 18.1. The number of nitrogens with zero attached hydrogens (tertiary/aromatic N) is 2. The number of aryl methyl sites for hydroxylation is 1. The summed E-state index contributed by atoms with van der Waals surface area (Å²) in [6, 6.07) is 10.9.